The molecular weight excluding hydrogens is 284 g/mol. The summed E-state index contributed by atoms with van der Waals surface area (Å²) in [6.07, 6.45) is 3.74. The number of rotatable bonds is 3. The van der Waals surface area contributed by atoms with Crippen molar-refractivity contribution in [1.29, 1.82) is 0 Å². The first-order valence-electron chi connectivity index (χ1n) is 7.00. The SMILES string of the molecule is CC1=C/C(=N\NS(=O)(=O)c2ccc(C)cc2)CC(C)(C)C1. The van der Waals surface area contributed by atoms with Gasteiger partial charge in [-0.15, -0.1) is 0 Å². The number of sulfonamides is 1. The fraction of sp³-hybridized carbons (Fsp3) is 0.438. The molecule has 0 unspecified atom stereocenters. The number of allylic oxidation sites excluding steroid dienone is 2. The normalized spacial score (nSPS) is 20.2. The van der Waals surface area contributed by atoms with Crippen molar-refractivity contribution in [2.45, 2.75) is 45.4 Å². The van der Waals surface area contributed by atoms with Gasteiger partial charge >= 0.3 is 0 Å². The molecule has 114 valence electrons. The summed E-state index contributed by atoms with van der Waals surface area (Å²) in [4.78, 5) is 2.57. The van der Waals surface area contributed by atoms with E-state index in [1.165, 1.54) is 5.57 Å². The van der Waals surface area contributed by atoms with Crippen LogP contribution in [0.4, 0.5) is 0 Å². The summed E-state index contributed by atoms with van der Waals surface area (Å²) in [5.41, 5.74) is 3.14. The highest BCUT2D eigenvalue weighted by Crippen LogP contribution is 2.33. The van der Waals surface area contributed by atoms with Crippen molar-refractivity contribution < 1.29 is 8.42 Å². The van der Waals surface area contributed by atoms with Crippen LogP contribution in [0.25, 0.3) is 0 Å². The minimum Gasteiger partial charge on any atom is -0.200 e. The van der Waals surface area contributed by atoms with Crippen LogP contribution in [0.15, 0.2) is 45.9 Å². The zero-order chi connectivity index (χ0) is 15.7. The first kappa shape index (κ1) is 15.8. The average Bonchev–Trinajstić information content (AvgIpc) is 2.35. The van der Waals surface area contributed by atoms with E-state index in [-0.39, 0.29) is 10.3 Å². The van der Waals surface area contributed by atoms with Gasteiger partial charge in [-0.25, -0.2) is 0 Å². The number of nitrogens with zero attached hydrogens (tertiary/aromatic N) is 1. The number of hydrazone groups is 1. The van der Waals surface area contributed by atoms with E-state index in [1.807, 2.05) is 19.9 Å². The lowest BCUT2D eigenvalue weighted by Crippen LogP contribution is -2.25. The second kappa shape index (κ2) is 5.64. The number of aryl methyl sites for hydroxylation is 1. The van der Waals surface area contributed by atoms with Crippen LogP contribution in [0.1, 0.15) is 39.2 Å². The Kier molecular flexibility index (Phi) is 4.23. The molecule has 21 heavy (non-hydrogen) atoms. The Hall–Kier alpha value is -1.62. The molecule has 1 N–H and O–H groups in total. The maximum atomic E-state index is 12.2. The molecule has 0 saturated carbocycles. The van der Waals surface area contributed by atoms with Crippen molar-refractivity contribution in [3.05, 3.63) is 41.5 Å². The quantitative estimate of drug-likeness (QED) is 0.870. The molecule has 1 aromatic rings. The highest BCUT2D eigenvalue weighted by atomic mass is 32.2. The van der Waals surface area contributed by atoms with Crippen LogP contribution in [0.2, 0.25) is 0 Å². The molecule has 2 rings (SSSR count). The molecule has 1 aromatic carbocycles. The van der Waals surface area contributed by atoms with Crippen LogP contribution >= 0.6 is 0 Å². The number of hydrogen-bond acceptors (Lipinski definition) is 3. The Morgan fingerprint density at radius 3 is 2.29 bits per heavy atom. The summed E-state index contributed by atoms with van der Waals surface area (Å²) >= 11 is 0. The lowest BCUT2D eigenvalue weighted by Gasteiger charge is -2.29. The van der Waals surface area contributed by atoms with Gasteiger partial charge < -0.3 is 0 Å². The van der Waals surface area contributed by atoms with Crippen molar-refractivity contribution in [3.8, 4) is 0 Å². The molecule has 1 aliphatic rings. The maximum Gasteiger partial charge on any atom is 0.276 e. The Labute approximate surface area is 127 Å². The van der Waals surface area contributed by atoms with Crippen molar-refractivity contribution in [3.63, 3.8) is 0 Å². The van der Waals surface area contributed by atoms with Crippen LogP contribution in [0, 0.1) is 12.3 Å². The molecule has 0 saturated heterocycles. The largest absolute Gasteiger partial charge is 0.276 e. The third kappa shape index (κ3) is 4.17. The third-order valence-electron chi connectivity index (χ3n) is 3.47. The van der Waals surface area contributed by atoms with Crippen molar-refractivity contribution in [1.82, 2.24) is 4.83 Å². The van der Waals surface area contributed by atoms with Gasteiger partial charge in [-0.05, 0) is 50.3 Å². The molecule has 4 nitrogen and oxygen atoms in total. The van der Waals surface area contributed by atoms with Crippen LogP contribution in [-0.4, -0.2) is 14.1 Å². The lowest BCUT2D eigenvalue weighted by molar-refractivity contribution is 0.373. The lowest BCUT2D eigenvalue weighted by atomic mass is 9.77. The second-order valence-corrected chi connectivity index (χ2v) is 8.18. The van der Waals surface area contributed by atoms with Gasteiger partial charge in [0.05, 0.1) is 10.6 Å². The van der Waals surface area contributed by atoms with E-state index in [0.717, 1.165) is 24.1 Å². The minimum absolute atomic E-state index is 0.118. The molecule has 0 spiro atoms. The molecule has 5 heteroatoms. The average molecular weight is 306 g/mol. The summed E-state index contributed by atoms with van der Waals surface area (Å²) in [6.45, 7) is 8.29. The van der Waals surface area contributed by atoms with Gasteiger partial charge in [0.2, 0.25) is 0 Å². The van der Waals surface area contributed by atoms with Gasteiger partial charge in [-0.1, -0.05) is 37.1 Å². The maximum absolute atomic E-state index is 12.2. The van der Waals surface area contributed by atoms with Gasteiger partial charge in [-0.3, -0.25) is 0 Å². The van der Waals surface area contributed by atoms with Crippen LogP contribution in [0.3, 0.4) is 0 Å². The first-order chi connectivity index (χ1) is 9.68. The van der Waals surface area contributed by atoms with E-state index in [1.54, 1.807) is 24.3 Å². The predicted octanol–water partition coefficient (Wildman–Crippen LogP) is 3.40. The highest BCUT2D eigenvalue weighted by molar-refractivity contribution is 7.89. The number of nitrogens with one attached hydrogen (secondary N) is 1. The van der Waals surface area contributed by atoms with Gasteiger partial charge in [0.15, 0.2) is 0 Å². The van der Waals surface area contributed by atoms with E-state index in [9.17, 15) is 8.42 Å². The molecule has 0 aromatic heterocycles. The Morgan fingerprint density at radius 2 is 1.71 bits per heavy atom. The summed E-state index contributed by atoms with van der Waals surface area (Å²) in [5, 5.41) is 4.10. The molecule has 0 fully saturated rings. The first-order valence-corrected chi connectivity index (χ1v) is 8.48. The molecule has 0 atom stereocenters. The Balaban J connectivity index is 2.20. The smallest absolute Gasteiger partial charge is 0.200 e. The highest BCUT2D eigenvalue weighted by Gasteiger charge is 2.25. The number of benzene rings is 1. The molecule has 0 radical (unpaired) electrons. The fourth-order valence-corrected chi connectivity index (χ4v) is 3.49. The second-order valence-electron chi connectivity index (χ2n) is 6.52. The van der Waals surface area contributed by atoms with Gasteiger partial charge in [0.25, 0.3) is 10.0 Å². The summed E-state index contributed by atoms with van der Waals surface area (Å²) in [7, 11) is -3.60. The van der Waals surface area contributed by atoms with E-state index >= 15 is 0 Å². The van der Waals surface area contributed by atoms with Gasteiger partial charge in [0.1, 0.15) is 0 Å². The summed E-state index contributed by atoms with van der Waals surface area (Å²) in [5.74, 6) is 0. The molecule has 0 heterocycles. The van der Waals surface area contributed by atoms with Crippen molar-refractivity contribution in [2.24, 2.45) is 10.5 Å². The van der Waals surface area contributed by atoms with Crippen LogP contribution < -0.4 is 4.83 Å². The molecule has 1 aliphatic carbocycles. The van der Waals surface area contributed by atoms with Gasteiger partial charge in [-0.2, -0.15) is 18.4 Å². The molecule has 0 aliphatic heterocycles. The summed E-state index contributed by atoms with van der Waals surface area (Å²) < 4.78 is 24.4. The molecule has 0 amide bonds. The van der Waals surface area contributed by atoms with E-state index in [4.69, 9.17) is 0 Å². The van der Waals surface area contributed by atoms with Gasteiger partial charge in [0, 0.05) is 0 Å². The Bertz CT molecular complexity index is 683. The third-order valence-corrected chi connectivity index (χ3v) is 4.70. The van der Waals surface area contributed by atoms with Crippen LogP contribution in [-0.2, 0) is 10.0 Å². The predicted molar refractivity (Wildman–Crippen MR) is 85.7 cm³/mol. The zero-order valence-electron chi connectivity index (χ0n) is 13.0. The standard InChI is InChI=1S/C16H22N2O2S/c1-12-5-7-15(8-6-12)21(19,20)18-17-14-9-13(2)10-16(3,4)11-14/h5-9,18H,10-11H2,1-4H3/b17-14+. The zero-order valence-corrected chi connectivity index (χ0v) is 13.8. The van der Waals surface area contributed by atoms with E-state index in [2.05, 4.69) is 23.8 Å². The fourth-order valence-electron chi connectivity index (χ4n) is 2.65. The number of hydrogen-bond donors (Lipinski definition) is 1. The molecule has 0 bridgehead atoms. The van der Waals surface area contributed by atoms with Crippen molar-refractivity contribution >= 4 is 15.7 Å². The van der Waals surface area contributed by atoms with Crippen molar-refractivity contribution in [2.75, 3.05) is 0 Å². The molecular formula is C16H22N2O2S. The summed E-state index contributed by atoms with van der Waals surface area (Å²) in [6, 6.07) is 6.72. The Morgan fingerprint density at radius 1 is 1.10 bits per heavy atom. The minimum atomic E-state index is -3.60. The monoisotopic (exact) mass is 306 g/mol. The van der Waals surface area contributed by atoms with E-state index < -0.39 is 10.0 Å². The van der Waals surface area contributed by atoms with Crippen LogP contribution in [0.5, 0.6) is 0 Å². The topological polar surface area (TPSA) is 58.5 Å². The van der Waals surface area contributed by atoms with E-state index in [0.29, 0.717) is 0 Å².